The van der Waals surface area contributed by atoms with E-state index in [1.165, 1.54) is 13.0 Å². The average Bonchev–Trinajstić information content (AvgIpc) is 2.72. The summed E-state index contributed by atoms with van der Waals surface area (Å²) in [5.41, 5.74) is 3.37. The third kappa shape index (κ3) is 4.52. The molecule has 1 unspecified atom stereocenters. The number of carbonyl (C=O) groups excluding carboxylic acids is 1. The van der Waals surface area contributed by atoms with Crippen molar-refractivity contribution in [3.05, 3.63) is 47.7 Å². The van der Waals surface area contributed by atoms with E-state index in [1.54, 1.807) is 0 Å². The standard InChI is InChI=1S/C19H19F4N5O3/c1-9(21)15-16(23)19(2,28-18(24)31-15)11-5-10(3-4-12(11)22)27-17(29)13-6-26-14(7-25-13)30-8-20/h3-7,9,15-16H,8H2,1-2H3,(H2,24,28)(H,27,29)/t9?,15-,16+,19-/m1/s1. The second-order valence-electron chi connectivity index (χ2n) is 6.90. The molecule has 0 spiro atoms. The van der Waals surface area contributed by atoms with Crippen LogP contribution in [0.1, 0.15) is 29.9 Å². The molecule has 166 valence electrons. The van der Waals surface area contributed by atoms with Gasteiger partial charge in [0.1, 0.15) is 23.2 Å². The summed E-state index contributed by atoms with van der Waals surface area (Å²) in [6.07, 6.45) is -3.27. The van der Waals surface area contributed by atoms with Crippen molar-refractivity contribution in [2.24, 2.45) is 10.7 Å². The van der Waals surface area contributed by atoms with E-state index in [-0.39, 0.29) is 22.8 Å². The van der Waals surface area contributed by atoms with Gasteiger partial charge in [0.25, 0.3) is 11.9 Å². The van der Waals surface area contributed by atoms with Crippen LogP contribution < -0.4 is 15.8 Å². The fourth-order valence-electron chi connectivity index (χ4n) is 3.12. The number of alkyl halides is 3. The van der Waals surface area contributed by atoms with E-state index in [2.05, 4.69) is 25.0 Å². The molecule has 4 atom stereocenters. The average molecular weight is 441 g/mol. The molecule has 1 aromatic heterocycles. The number of amides is 1. The minimum Gasteiger partial charge on any atom is -0.456 e. The van der Waals surface area contributed by atoms with Gasteiger partial charge in [0.2, 0.25) is 12.7 Å². The second-order valence-corrected chi connectivity index (χ2v) is 6.90. The highest BCUT2D eigenvalue weighted by Gasteiger charge is 2.50. The Kier molecular flexibility index (Phi) is 6.27. The number of hydrogen-bond acceptors (Lipinski definition) is 7. The summed E-state index contributed by atoms with van der Waals surface area (Å²) >= 11 is 0. The number of nitrogens with zero attached hydrogens (tertiary/aromatic N) is 3. The number of amidine groups is 1. The number of anilines is 1. The molecular weight excluding hydrogens is 422 g/mol. The maximum absolute atomic E-state index is 15.1. The lowest BCUT2D eigenvalue weighted by molar-refractivity contribution is -0.0230. The number of nitrogens with two attached hydrogens (primary N) is 1. The van der Waals surface area contributed by atoms with E-state index in [9.17, 15) is 18.0 Å². The Morgan fingerprint density at radius 3 is 2.74 bits per heavy atom. The van der Waals surface area contributed by atoms with Gasteiger partial charge in [-0.2, -0.15) is 0 Å². The molecule has 0 aliphatic carbocycles. The van der Waals surface area contributed by atoms with Crippen LogP contribution in [0.15, 0.2) is 35.6 Å². The van der Waals surface area contributed by atoms with Crippen molar-refractivity contribution in [2.45, 2.75) is 37.8 Å². The predicted molar refractivity (Wildman–Crippen MR) is 102 cm³/mol. The molecule has 1 aromatic carbocycles. The zero-order valence-corrected chi connectivity index (χ0v) is 16.5. The summed E-state index contributed by atoms with van der Waals surface area (Å²) in [5.74, 6) is -1.67. The Bertz CT molecular complexity index is 989. The zero-order valence-electron chi connectivity index (χ0n) is 16.5. The molecule has 3 N–H and O–H groups in total. The summed E-state index contributed by atoms with van der Waals surface area (Å²) in [4.78, 5) is 23.8. The molecule has 2 aromatic rings. The molecule has 12 heteroatoms. The number of carbonyl (C=O) groups is 1. The summed E-state index contributed by atoms with van der Waals surface area (Å²) in [6, 6.07) is 2.92. The second kappa shape index (κ2) is 8.74. The van der Waals surface area contributed by atoms with Crippen molar-refractivity contribution in [1.29, 1.82) is 0 Å². The van der Waals surface area contributed by atoms with Gasteiger partial charge in [0.15, 0.2) is 12.3 Å². The minimum absolute atomic E-state index is 0.0887. The van der Waals surface area contributed by atoms with Crippen molar-refractivity contribution in [3.8, 4) is 5.88 Å². The molecule has 31 heavy (non-hydrogen) atoms. The molecular formula is C19H19F4N5O3. The van der Waals surface area contributed by atoms with Crippen molar-refractivity contribution in [2.75, 3.05) is 12.2 Å². The first-order chi connectivity index (χ1) is 14.7. The van der Waals surface area contributed by atoms with Gasteiger partial charge in [0, 0.05) is 11.3 Å². The number of benzene rings is 1. The molecule has 2 heterocycles. The van der Waals surface area contributed by atoms with Crippen molar-refractivity contribution in [1.82, 2.24) is 9.97 Å². The van der Waals surface area contributed by atoms with Gasteiger partial charge in [-0.25, -0.2) is 32.5 Å². The van der Waals surface area contributed by atoms with Crippen LogP contribution in [0.2, 0.25) is 0 Å². The molecule has 1 amide bonds. The smallest absolute Gasteiger partial charge is 0.283 e. The topological polar surface area (TPSA) is 112 Å². The van der Waals surface area contributed by atoms with Crippen LogP contribution in [0.4, 0.5) is 23.2 Å². The number of rotatable bonds is 6. The Morgan fingerprint density at radius 1 is 1.39 bits per heavy atom. The molecule has 1 aliphatic rings. The van der Waals surface area contributed by atoms with Crippen LogP contribution in [-0.2, 0) is 10.3 Å². The van der Waals surface area contributed by atoms with E-state index in [4.69, 9.17) is 10.5 Å². The Hall–Kier alpha value is -3.44. The normalized spacial score (nSPS) is 24.0. The van der Waals surface area contributed by atoms with E-state index in [1.807, 2.05) is 0 Å². The molecule has 1 aliphatic heterocycles. The van der Waals surface area contributed by atoms with Crippen molar-refractivity contribution < 1.29 is 31.8 Å². The molecule has 0 fully saturated rings. The Balaban J connectivity index is 1.89. The molecule has 3 rings (SSSR count). The van der Waals surface area contributed by atoms with Gasteiger partial charge >= 0.3 is 0 Å². The van der Waals surface area contributed by atoms with E-state index in [0.29, 0.717) is 0 Å². The van der Waals surface area contributed by atoms with Gasteiger partial charge < -0.3 is 20.5 Å². The van der Waals surface area contributed by atoms with Crippen molar-refractivity contribution in [3.63, 3.8) is 0 Å². The lowest BCUT2D eigenvalue weighted by Gasteiger charge is -2.39. The van der Waals surface area contributed by atoms with E-state index < -0.39 is 48.6 Å². The third-order valence-electron chi connectivity index (χ3n) is 4.71. The number of ether oxygens (including phenoxy) is 2. The van der Waals surface area contributed by atoms with Crippen LogP contribution in [0.5, 0.6) is 5.88 Å². The highest BCUT2D eigenvalue weighted by molar-refractivity contribution is 6.02. The largest absolute Gasteiger partial charge is 0.456 e. The first-order valence-electron chi connectivity index (χ1n) is 9.08. The number of nitrogens with one attached hydrogen (secondary N) is 1. The maximum atomic E-state index is 15.1. The highest BCUT2D eigenvalue weighted by Crippen LogP contribution is 2.40. The van der Waals surface area contributed by atoms with Crippen LogP contribution in [0, 0.1) is 5.82 Å². The van der Waals surface area contributed by atoms with Crippen LogP contribution in [-0.4, -0.2) is 47.2 Å². The van der Waals surface area contributed by atoms with E-state index in [0.717, 1.165) is 31.5 Å². The number of hydrogen-bond donors (Lipinski definition) is 2. The van der Waals surface area contributed by atoms with Gasteiger partial charge in [-0.1, -0.05) is 0 Å². The minimum atomic E-state index is -2.06. The number of aliphatic imine (C=N–C) groups is 1. The molecule has 8 nitrogen and oxygen atoms in total. The fraction of sp³-hybridized carbons (Fsp3) is 0.368. The summed E-state index contributed by atoms with van der Waals surface area (Å²) < 4.78 is 65.1. The SMILES string of the molecule is CC(F)[C@H]1OC(N)=N[C@](C)(c2cc(NC(=O)c3cnc(OCF)cn3)ccc2F)[C@H]1F. The quantitative estimate of drug-likeness (QED) is 0.667. The van der Waals surface area contributed by atoms with Gasteiger partial charge in [-0.3, -0.25) is 4.79 Å². The van der Waals surface area contributed by atoms with Crippen LogP contribution >= 0.6 is 0 Å². The van der Waals surface area contributed by atoms with Crippen LogP contribution in [0.3, 0.4) is 0 Å². The molecule has 0 bridgehead atoms. The van der Waals surface area contributed by atoms with Crippen molar-refractivity contribution >= 4 is 17.6 Å². The first kappa shape index (κ1) is 22.2. The fourth-order valence-corrected chi connectivity index (χ4v) is 3.12. The lowest BCUT2D eigenvalue weighted by Crippen LogP contribution is -2.52. The summed E-state index contributed by atoms with van der Waals surface area (Å²) in [6.45, 7) is 1.24. The van der Waals surface area contributed by atoms with E-state index >= 15 is 4.39 Å². The molecule has 0 saturated heterocycles. The Morgan fingerprint density at radius 2 is 2.13 bits per heavy atom. The predicted octanol–water partition coefficient (Wildman–Crippen LogP) is 2.80. The van der Waals surface area contributed by atoms with Gasteiger partial charge in [-0.15, -0.1) is 0 Å². The van der Waals surface area contributed by atoms with Crippen LogP contribution in [0.25, 0.3) is 0 Å². The summed E-state index contributed by atoms with van der Waals surface area (Å²) in [7, 11) is 0. The first-order valence-corrected chi connectivity index (χ1v) is 9.08. The zero-order chi connectivity index (χ0) is 22.8. The maximum Gasteiger partial charge on any atom is 0.283 e. The number of halogens is 4. The monoisotopic (exact) mass is 441 g/mol. The third-order valence-corrected chi connectivity index (χ3v) is 4.71. The van der Waals surface area contributed by atoms with Gasteiger partial charge in [-0.05, 0) is 32.0 Å². The molecule has 0 saturated carbocycles. The van der Waals surface area contributed by atoms with Gasteiger partial charge in [0.05, 0.1) is 12.4 Å². The highest BCUT2D eigenvalue weighted by atomic mass is 19.2. The lowest BCUT2D eigenvalue weighted by atomic mass is 9.83. The summed E-state index contributed by atoms with van der Waals surface area (Å²) in [5, 5.41) is 2.46. The number of aromatic nitrogens is 2. The Labute approximate surface area is 174 Å². The molecule has 0 radical (unpaired) electrons.